The lowest BCUT2D eigenvalue weighted by Gasteiger charge is -2.07. The van der Waals surface area contributed by atoms with Gasteiger partial charge < -0.3 is 4.57 Å². The molecule has 0 saturated carbocycles. The average molecular weight is 190 g/mol. The number of hydrogen-bond acceptors (Lipinski definition) is 1. The second-order valence-electron chi connectivity index (χ2n) is 3.29. The highest BCUT2D eigenvalue weighted by molar-refractivity contribution is 5.35. The van der Waals surface area contributed by atoms with E-state index in [1.807, 2.05) is 30.5 Å². The van der Waals surface area contributed by atoms with Gasteiger partial charge in [-0.25, -0.2) is 4.98 Å². The molecule has 14 heavy (non-hydrogen) atoms. The van der Waals surface area contributed by atoms with Crippen LogP contribution in [0.15, 0.2) is 30.5 Å². The molecule has 0 unspecified atom stereocenters. The van der Waals surface area contributed by atoms with Gasteiger partial charge in [-0.05, 0) is 38.1 Å². The predicted octanol–water partition coefficient (Wildman–Crippen LogP) is 2.63. The molecule has 3 heteroatoms. The summed E-state index contributed by atoms with van der Waals surface area (Å²) >= 11 is 0. The molecule has 0 atom stereocenters. The van der Waals surface area contributed by atoms with Crippen LogP contribution in [0.25, 0.3) is 5.69 Å². The summed E-state index contributed by atoms with van der Waals surface area (Å²) in [6.45, 7) is 4.02. The molecule has 0 spiro atoms. The van der Waals surface area contributed by atoms with Gasteiger partial charge in [-0.1, -0.05) is 0 Å². The van der Waals surface area contributed by atoms with Gasteiger partial charge in [0.2, 0.25) is 5.95 Å². The van der Waals surface area contributed by atoms with Gasteiger partial charge in [0.05, 0.1) is 11.9 Å². The zero-order valence-electron chi connectivity index (χ0n) is 8.16. The van der Waals surface area contributed by atoms with E-state index in [0.717, 1.165) is 17.1 Å². The molecule has 2 nitrogen and oxygen atoms in total. The molecule has 0 N–H and O–H groups in total. The summed E-state index contributed by atoms with van der Waals surface area (Å²) in [4.78, 5) is 3.63. The molecule has 0 aliphatic rings. The van der Waals surface area contributed by atoms with Gasteiger partial charge in [0.1, 0.15) is 0 Å². The molecule has 2 rings (SSSR count). The number of pyridine rings is 1. The first kappa shape index (κ1) is 8.94. The minimum atomic E-state index is -0.448. The van der Waals surface area contributed by atoms with Crippen molar-refractivity contribution in [2.24, 2.45) is 0 Å². The monoisotopic (exact) mass is 190 g/mol. The molecule has 0 bridgehead atoms. The Morgan fingerprint density at radius 3 is 2.21 bits per heavy atom. The van der Waals surface area contributed by atoms with E-state index in [2.05, 4.69) is 4.98 Å². The molecule has 0 aliphatic carbocycles. The molecule has 72 valence electrons. The first-order valence-electron chi connectivity index (χ1n) is 4.45. The minimum Gasteiger partial charge on any atom is -0.317 e. The maximum absolute atomic E-state index is 12.6. The topological polar surface area (TPSA) is 17.8 Å². The van der Waals surface area contributed by atoms with Crippen molar-refractivity contribution >= 4 is 0 Å². The van der Waals surface area contributed by atoms with E-state index in [-0.39, 0.29) is 0 Å². The van der Waals surface area contributed by atoms with Crippen LogP contribution >= 0.6 is 0 Å². The van der Waals surface area contributed by atoms with Crippen molar-refractivity contribution in [1.82, 2.24) is 9.55 Å². The molecule has 0 fully saturated rings. The number of rotatable bonds is 1. The molecule has 2 aromatic heterocycles. The van der Waals surface area contributed by atoms with Crippen molar-refractivity contribution < 1.29 is 4.39 Å². The van der Waals surface area contributed by atoms with Gasteiger partial charge >= 0.3 is 0 Å². The van der Waals surface area contributed by atoms with Crippen molar-refractivity contribution in [1.29, 1.82) is 0 Å². The second kappa shape index (κ2) is 3.25. The van der Waals surface area contributed by atoms with E-state index in [1.54, 1.807) is 6.07 Å². The third-order valence-electron chi connectivity index (χ3n) is 2.24. The zero-order valence-corrected chi connectivity index (χ0v) is 8.16. The standard InChI is InChI=1S/C11H11FN2/c1-8-3-4-9(2)14(8)10-5-6-11(12)13-7-10/h3-7H,1-2H3. The Kier molecular flexibility index (Phi) is 2.08. The molecule has 0 aliphatic heterocycles. The van der Waals surface area contributed by atoms with Crippen LogP contribution < -0.4 is 0 Å². The molecule has 0 amide bonds. The van der Waals surface area contributed by atoms with Crippen LogP contribution in [-0.4, -0.2) is 9.55 Å². The van der Waals surface area contributed by atoms with E-state index < -0.39 is 5.95 Å². The lowest BCUT2D eigenvalue weighted by atomic mass is 10.4. The lowest BCUT2D eigenvalue weighted by molar-refractivity contribution is 0.583. The van der Waals surface area contributed by atoms with Crippen LogP contribution in [0.4, 0.5) is 4.39 Å². The quantitative estimate of drug-likeness (QED) is 0.632. The van der Waals surface area contributed by atoms with Crippen LogP contribution in [0.5, 0.6) is 0 Å². The van der Waals surface area contributed by atoms with Crippen LogP contribution in [0.2, 0.25) is 0 Å². The number of nitrogens with zero attached hydrogens (tertiary/aromatic N) is 2. The first-order valence-corrected chi connectivity index (χ1v) is 4.45. The van der Waals surface area contributed by atoms with E-state index in [9.17, 15) is 4.39 Å². The molecule has 0 radical (unpaired) electrons. The fraction of sp³-hybridized carbons (Fsp3) is 0.182. The largest absolute Gasteiger partial charge is 0.317 e. The highest BCUT2D eigenvalue weighted by Gasteiger charge is 2.03. The summed E-state index contributed by atoms with van der Waals surface area (Å²) in [5, 5.41) is 0. The number of halogens is 1. The fourth-order valence-corrected chi connectivity index (χ4v) is 1.58. The third-order valence-corrected chi connectivity index (χ3v) is 2.24. The van der Waals surface area contributed by atoms with Gasteiger partial charge in [0.15, 0.2) is 0 Å². The summed E-state index contributed by atoms with van der Waals surface area (Å²) in [5.74, 6) is -0.448. The maximum atomic E-state index is 12.6. The van der Waals surface area contributed by atoms with E-state index in [0.29, 0.717) is 0 Å². The molecule has 0 saturated heterocycles. The number of aromatic nitrogens is 2. The van der Waals surface area contributed by atoms with E-state index in [4.69, 9.17) is 0 Å². The Bertz CT molecular complexity index is 423. The van der Waals surface area contributed by atoms with Crippen LogP contribution in [-0.2, 0) is 0 Å². The van der Waals surface area contributed by atoms with E-state index in [1.165, 1.54) is 12.3 Å². The number of aryl methyl sites for hydroxylation is 2. The fourth-order valence-electron chi connectivity index (χ4n) is 1.58. The molecular weight excluding hydrogens is 179 g/mol. The van der Waals surface area contributed by atoms with Gasteiger partial charge in [0, 0.05) is 11.4 Å². The van der Waals surface area contributed by atoms with Gasteiger partial charge in [0.25, 0.3) is 0 Å². The molecular formula is C11H11FN2. The second-order valence-corrected chi connectivity index (χ2v) is 3.29. The van der Waals surface area contributed by atoms with Crippen molar-refractivity contribution in [3.63, 3.8) is 0 Å². The highest BCUT2D eigenvalue weighted by atomic mass is 19.1. The highest BCUT2D eigenvalue weighted by Crippen LogP contribution is 2.14. The first-order chi connectivity index (χ1) is 6.68. The van der Waals surface area contributed by atoms with Crippen LogP contribution in [0.3, 0.4) is 0 Å². The van der Waals surface area contributed by atoms with Crippen molar-refractivity contribution in [3.8, 4) is 5.69 Å². The van der Waals surface area contributed by atoms with Crippen molar-refractivity contribution in [2.75, 3.05) is 0 Å². The summed E-state index contributed by atoms with van der Waals surface area (Å²) in [6.07, 6.45) is 1.54. The maximum Gasteiger partial charge on any atom is 0.212 e. The summed E-state index contributed by atoms with van der Waals surface area (Å²) < 4.78 is 14.6. The Morgan fingerprint density at radius 1 is 1.07 bits per heavy atom. The van der Waals surface area contributed by atoms with Gasteiger partial charge in [-0.15, -0.1) is 0 Å². The van der Waals surface area contributed by atoms with Gasteiger partial charge in [-0.3, -0.25) is 0 Å². The molecule has 0 aromatic carbocycles. The Morgan fingerprint density at radius 2 is 1.71 bits per heavy atom. The summed E-state index contributed by atoms with van der Waals surface area (Å²) in [6, 6.07) is 7.15. The van der Waals surface area contributed by atoms with E-state index >= 15 is 0 Å². The smallest absolute Gasteiger partial charge is 0.212 e. The van der Waals surface area contributed by atoms with Crippen molar-refractivity contribution in [2.45, 2.75) is 13.8 Å². The summed E-state index contributed by atoms with van der Waals surface area (Å²) in [7, 11) is 0. The molecule has 2 heterocycles. The summed E-state index contributed by atoms with van der Waals surface area (Å²) in [5.41, 5.74) is 3.14. The average Bonchev–Trinajstić information content (AvgIpc) is 2.49. The normalized spacial score (nSPS) is 10.5. The SMILES string of the molecule is Cc1ccc(C)n1-c1ccc(F)nc1. The van der Waals surface area contributed by atoms with Gasteiger partial charge in [-0.2, -0.15) is 4.39 Å². The predicted molar refractivity (Wildman–Crippen MR) is 53.0 cm³/mol. The minimum absolute atomic E-state index is 0.448. The third kappa shape index (κ3) is 1.41. The molecule has 2 aromatic rings. The number of hydrogen-bond donors (Lipinski definition) is 0. The van der Waals surface area contributed by atoms with Crippen LogP contribution in [0, 0.1) is 19.8 Å². The Balaban J connectivity index is 2.54. The Hall–Kier alpha value is -1.64. The Labute approximate surface area is 82.0 Å². The zero-order chi connectivity index (χ0) is 10.1. The lowest BCUT2D eigenvalue weighted by Crippen LogP contribution is -1.99. The van der Waals surface area contributed by atoms with Crippen molar-refractivity contribution in [3.05, 3.63) is 47.8 Å². The van der Waals surface area contributed by atoms with Crippen LogP contribution in [0.1, 0.15) is 11.4 Å².